The Labute approximate surface area is 245 Å². The van der Waals surface area contributed by atoms with E-state index >= 15 is 0 Å². The van der Waals surface area contributed by atoms with Crippen molar-refractivity contribution < 1.29 is 48.3 Å². The highest BCUT2D eigenvalue weighted by atomic mass is 16.6. The quantitative estimate of drug-likeness (QED) is 0.232. The zero-order chi connectivity index (χ0) is 30.8. The lowest BCUT2D eigenvalue weighted by Gasteiger charge is -2.32. The molecule has 4 N–H and O–H groups in total. The first kappa shape index (κ1) is 33.2. The van der Waals surface area contributed by atoms with Crippen LogP contribution in [0.15, 0.2) is 48.6 Å². The zero-order valence-corrected chi connectivity index (χ0v) is 24.4. The summed E-state index contributed by atoms with van der Waals surface area (Å²) in [6.45, 7) is 6.32. The van der Waals surface area contributed by atoms with Crippen molar-refractivity contribution in [2.45, 2.75) is 89.2 Å². The second-order valence-electron chi connectivity index (χ2n) is 10.9. The van der Waals surface area contributed by atoms with Crippen molar-refractivity contribution in [3.05, 3.63) is 48.6 Å². The van der Waals surface area contributed by atoms with Gasteiger partial charge in [0.05, 0.1) is 12.2 Å². The van der Waals surface area contributed by atoms with Gasteiger partial charge in [0, 0.05) is 24.7 Å². The predicted molar refractivity (Wildman–Crippen MR) is 151 cm³/mol. The molecule has 3 aliphatic rings. The van der Waals surface area contributed by atoms with Crippen LogP contribution in [0.25, 0.3) is 0 Å². The third kappa shape index (κ3) is 9.90. The van der Waals surface area contributed by atoms with E-state index in [9.17, 15) is 29.4 Å². The van der Waals surface area contributed by atoms with Crippen molar-refractivity contribution in [3.8, 4) is 0 Å². The molecule has 12 heteroatoms. The lowest BCUT2D eigenvalue weighted by molar-refractivity contribution is -0.157. The SMILES string of the molecule is C[C@@H]1NC(=O)CC=C[C@@H](C)[C@@H]2C=C[C@H](O)[C@@H](COC(=O)[C@@H](C)NC(=O)CC=C[C@@H](C)[C@@H]3C=C[C@H](O)[C@@H](COC1=O)O3)O2. The number of fused-ring (bicyclic) bond motifs is 4. The van der Waals surface area contributed by atoms with E-state index in [0.29, 0.717) is 0 Å². The Hall–Kier alpha value is -3.32. The smallest absolute Gasteiger partial charge is 0.328 e. The summed E-state index contributed by atoms with van der Waals surface area (Å²) in [5.41, 5.74) is 0. The molecule has 3 heterocycles. The van der Waals surface area contributed by atoms with E-state index < -0.39 is 60.6 Å². The van der Waals surface area contributed by atoms with Crippen LogP contribution in [0.4, 0.5) is 0 Å². The fourth-order valence-corrected chi connectivity index (χ4v) is 4.52. The van der Waals surface area contributed by atoms with Crippen LogP contribution in [0.1, 0.15) is 40.5 Å². The van der Waals surface area contributed by atoms with Gasteiger partial charge in [-0.05, 0) is 13.8 Å². The number of aliphatic hydroxyl groups excluding tert-OH is 2. The minimum Gasteiger partial charge on any atom is -0.461 e. The van der Waals surface area contributed by atoms with Crippen molar-refractivity contribution in [1.82, 2.24) is 10.6 Å². The van der Waals surface area contributed by atoms with Gasteiger partial charge in [-0.25, -0.2) is 9.59 Å². The molecule has 0 aliphatic carbocycles. The molecule has 2 amide bonds. The minimum absolute atomic E-state index is 0.00794. The lowest BCUT2D eigenvalue weighted by Crippen LogP contribution is -2.44. The zero-order valence-electron chi connectivity index (χ0n) is 24.4. The van der Waals surface area contributed by atoms with E-state index in [2.05, 4.69) is 10.6 Å². The average Bonchev–Trinajstić information content (AvgIpc) is 2.95. The number of carbonyl (C=O) groups excluding carboxylic acids is 4. The molecule has 232 valence electrons. The Morgan fingerprint density at radius 1 is 0.619 bits per heavy atom. The molecule has 10 atom stereocenters. The van der Waals surface area contributed by atoms with Crippen LogP contribution in [-0.2, 0) is 38.1 Å². The van der Waals surface area contributed by atoms with Crippen molar-refractivity contribution >= 4 is 23.8 Å². The van der Waals surface area contributed by atoms with Crippen molar-refractivity contribution in [1.29, 1.82) is 0 Å². The summed E-state index contributed by atoms with van der Waals surface area (Å²) in [5, 5.41) is 25.8. The standard InChI is InChI=1S/C30H42N2O10/c1-17-7-5-9-27(35)31-19(3)30(38)40-16-26-22(34)12-14-24(42-26)18(2)8-6-10-28(36)32-20(4)29(37)39-15-25-21(33)11-13-23(17)41-25/h5-8,11-14,17-26,33-34H,9-10,15-16H2,1-4H3,(H,31,35)(H,32,36)/t17-,18-,19-,20+,21+,22+,23+,24+,25-,26-/m1/s1. The summed E-state index contributed by atoms with van der Waals surface area (Å²) in [6, 6.07) is -1.83. The number of carbonyl (C=O) groups is 4. The van der Waals surface area contributed by atoms with Gasteiger partial charge in [0.25, 0.3) is 0 Å². The average molecular weight is 591 g/mol. The molecule has 0 unspecified atom stereocenters. The first-order valence-corrected chi connectivity index (χ1v) is 14.2. The van der Waals surface area contributed by atoms with Crippen molar-refractivity contribution in [2.24, 2.45) is 11.8 Å². The van der Waals surface area contributed by atoms with Gasteiger partial charge in [-0.15, -0.1) is 0 Å². The minimum atomic E-state index is -0.984. The van der Waals surface area contributed by atoms with E-state index in [0.717, 1.165) is 0 Å². The number of ether oxygens (including phenoxy) is 4. The van der Waals surface area contributed by atoms with Gasteiger partial charge in [0.1, 0.15) is 49.7 Å². The predicted octanol–water partition coefficient (Wildman–Crippen LogP) is 0.630. The van der Waals surface area contributed by atoms with E-state index in [4.69, 9.17) is 18.9 Å². The molecule has 0 saturated carbocycles. The number of cyclic esters (lactones) is 2. The Kier molecular flexibility index (Phi) is 12.5. The summed E-state index contributed by atoms with van der Waals surface area (Å²) in [4.78, 5) is 49.8. The molecular formula is C30H42N2O10. The summed E-state index contributed by atoms with van der Waals surface area (Å²) in [6.07, 6.45) is 8.95. The molecule has 0 fully saturated rings. The summed E-state index contributed by atoms with van der Waals surface area (Å²) >= 11 is 0. The number of rotatable bonds is 0. The maximum atomic E-state index is 12.5. The van der Waals surface area contributed by atoms with Gasteiger partial charge in [-0.3, -0.25) is 9.59 Å². The van der Waals surface area contributed by atoms with Crippen LogP contribution in [0.3, 0.4) is 0 Å². The highest BCUT2D eigenvalue weighted by molar-refractivity contribution is 5.85. The molecule has 0 spiro atoms. The summed E-state index contributed by atoms with van der Waals surface area (Å²) in [7, 11) is 0. The van der Waals surface area contributed by atoms with E-state index in [1.54, 1.807) is 48.6 Å². The van der Waals surface area contributed by atoms with Gasteiger partial charge in [0.15, 0.2) is 0 Å². The fourth-order valence-electron chi connectivity index (χ4n) is 4.52. The van der Waals surface area contributed by atoms with Crippen LogP contribution < -0.4 is 10.6 Å². The number of hydrogen-bond donors (Lipinski definition) is 4. The third-order valence-electron chi connectivity index (χ3n) is 7.19. The first-order chi connectivity index (χ1) is 19.9. The normalized spacial score (nSPS) is 37.8. The van der Waals surface area contributed by atoms with E-state index in [1.807, 2.05) is 13.8 Å². The van der Waals surface area contributed by atoms with Crippen LogP contribution in [0.2, 0.25) is 0 Å². The van der Waals surface area contributed by atoms with Crippen LogP contribution in [0.5, 0.6) is 0 Å². The Morgan fingerprint density at radius 3 is 1.38 bits per heavy atom. The number of nitrogens with one attached hydrogen (secondary N) is 2. The van der Waals surface area contributed by atoms with Gasteiger partial charge in [-0.2, -0.15) is 0 Å². The van der Waals surface area contributed by atoms with E-state index in [1.165, 1.54) is 13.8 Å². The lowest BCUT2D eigenvalue weighted by atomic mass is 9.99. The molecule has 0 aromatic rings. The molecule has 0 saturated heterocycles. The van der Waals surface area contributed by atoms with Gasteiger partial charge in [0.2, 0.25) is 11.8 Å². The molecule has 42 heavy (non-hydrogen) atoms. The topological polar surface area (TPSA) is 170 Å². The molecule has 4 bridgehead atoms. The molecular weight excluding hydrogens is 548 g/mol. The Balaban J connectivity index is 1.70. The second-order valence-corrected chi connectivity index (χ2v) is 10.9. The van der Waals surface area contributed by atoms with Crippen molar-refractivity contribution in [2.75, 3.05) is 13.2 Å². The molecule has 12 nitrogen and oxygen atoms in total. The van der Waals surface area contributed by atoms with Crippen molar-refractivity contribution in [3.63, 3.8) is 0 Å². The number of hydrogen-bond acceptors (Lipinski definition) is 10. The monoisotopic (exact) mass is 590 g/mol. The Morgan fingerprint density at radius 2 is 1.00 bits per heavy atom. The maximum absolute atomic E-state index is 12.5. The van der Waals surface area contributed by atoms with Gasteiger partial charge < -0.3 is 39.8 Å². The van der Waals surface area contributed by atoms with Crippen LogP contribution in [-0.4, -0.2) is 95.9 Å². The number of esters is 2. The molecule has 3 aliphatic heterocycles. The second kappa shape index (κ2) is 15.8. The molecule has 0 radical (unpaired) electrons. The molecule has 0 aromatic heterocycles. The fraction of sp³-hybridized carbons (Fsp3) is 0.600. The van der Waals surface area contributed by atoms with Gasteiger partial charge in [-0.1, -0.05) is 62.5 Å². The molecule has 0 aromatic carbocycles. The summed E-state index contributed by atoms with van der Waals surface area (Å²) < 4.78 is 22.5. The number of amides is 2. The van der Waals surface area contributed by atoms with Crippen LogP contribution >= 0.6 is 0 Å². The highest BCUT2D eigenvalue weighted by Crippen LogP contribution is 2.22. The Bertz CT molecular complexity index is 1000. The largest absolute Gasteiger partial charge is 0.461 e. The molecule has 3 rings (SSSR count). The number of aliphatic hydroxyl groups is 2. The van der Waals surface area contributed by atoms with E-state index in [-0.39, 0.29) is 49.7 Å². The first-order valence-electron chi connectivity index (χ1n) is 14.2. The van der Waals surface area contributed by atoms with Gasteiger partial charge >= 0.3 is 11.9 Å². The summed E-state index contributed by atoms with van der Waals surface area (Å²) in [5.74, 6) is -2.47. The van der Waals surface area contributed by atoms with Crippen LogP contribution in [0, 0.1) is 11.8 Å². The maximum Gasteiger partial charge on any atom is 0.328 e. The third-order valence-corrected chi connectivity index (χ3v) is 7.19. The highest BCUT2D eigenvalue weighted by Gasteiger charge is 2.31.